The number of carbonyl (C=O) groups excluding carboxylic acids is 1. The summed E-state index contributed by atoms with van der Waals surface area (Å²) in [6, 6.07) is 7.19. The van der Waals surface area contributed by atoms with E-state index in [1.54, 1.807) is 18.2 Å². The fraction of sp³-hybridized carbons (Fsp3) is 0.462. The first kappa shape index (κ1) is 11.9. The zero-order valence-corrected chi connectivity index (χ0v) is 9.46. The van der Waals surface area contributed by atoms with E-state index >= 15 is 0 Å². The number of benzene rings is 1. The Morgan fingerprint density at radius 3 is 2.67 bits per heavy atom. The standard InChI is InChI=1S/C13H17FO/c1-10(2)7-11-5-4-6-12(8-11)13(3,14)9-15/h4-6,8-10H,7H2,1-3H3. The SMILES string of the molecule is CC(C)Cc1cccc(C(C)(F)C=O)c1. The van der Waals surface area contributed by atoms with Crippen LogP contribution in [0.4, 0.5) is 4.39 Å². The lowest BCUT2D eigenvalue weighted by Crippen LogP contribution is -2.16. The topological polar surface area (TPSA) is 17.1 Å². The van der Waals surface area contributed by atoms with Crippen molar-refractivity contribution in [2.45, 2.75) is 32.9 Å². The third-order valence-electron chi connectivity index (χ3n) is 2.36. The Kier molecular flexibility index (Phi) is 3.61. The monoisotopic (exact) mass is 208 g/mol. The van der Waals surface area contributed by atoms with Gasteiger partial charge in [0.15, 0.2) is 12.0 Å². The lowest BCUT2D eigenvalue weighted by Gasteiger charge is -2.14. The Morgan fingerprint density at radius 2 is 2.13 bits per heavy atom. The molecule has 2 heteroatoms. The summed E-state index contributed by atoms with van der Waals surface area (Å²) in [5, 5.41) is 0. The minimum absolute atomic E-state index is 0.349. The van der Waals surface area contributed by atoms with Crippen LogP contribution in [0.2, 0.25) is 0 Å². The molecular formula is C13H17FO. The lowest BCUT2D eigenvalue weighted by atomic mass is 9.94. The number of rotatable bonds is 4. The quantitative estimate of drug-likeness (QED) is 0.694. The van der Waals surface area contributed by atoms with Gasteiger partial charge in [0.25, 0.3) is 0 Å². The highest BCUT2D eigenvalue weighted by molar-refractivity contribution is 5.65. The molecule has 1 aromatic rings. The second-order valence-electron chi connectivity index (χ2n) is 4.49. The zero-order valence-electron chi connectivity index (χ0n) is 9.46. The summed E-state index contributed by atoms with van der Waals surface area (Å²) in [6.45, 7) is 5.51. The Morgan fingerprint density at radius 1 is 1.47 bits per heavy atom. The highest BCUT2D eigenvalue weighted by Gasteiger charge is 2.24. The van der Waals surface area contributed by atoms with Gasteiger partial charge in [0.2, 0.25) is 0 Å². The minimum atomic E-state index is -1.87. The van der Waals surface area contributed by atoms with Crippen molar-refractivity contribution in [1.82, 2.24) is 0 Å². The number of alkyl halides is 1. The smallest absolute Gasteiger partial charge is 0.187 e. The molecule has 0 N–H and O–H groups in total. The average molecular weight is 208 g/mol. The van der Waals surface area contributed by atoms with Crippen molar-refractivity contribution in [2.75, 3.05) is 0 Å². The van der Waals surface area contributed by atoms with Gasteiger partial charge in [-0.1, -0.05) is 38.1 Å². The first-order chi connectivity index (χ1) is 6.95. The van der Waals surface area contributed by atoms with Gasteiger partial charge in [-0.05, 0) is 30.4 Å². The molecule has 1 rings (SSSR count). The van der Waals surface area contributed by atoms with Crippen LogP contribution in [0.15, 0.2) is 24.3 Å². The van der Waals surface area contributed by atoms with Gasteiger partial charge in [-0.15, -0.1) is 0 Å². The van der Waals surface area contributed by atoms with Crippen molar-refractivity contribution < 1.29 is 9.18 Å². The van der Waals surface area contributed by atoms with E-state index in [1.165, 1.54) is 6.92 Å². The zero-order chi connectivity index (χ0) is 11.5. The second kappa shape index (κ2) is 4.56. The van der Waals surface area contributed by atoms with E-state index in [1.807, 2.05) is 6.07 Å². The maximum Gasteiger partial charge on any atom is 0.187 e. The number of halogens is 1. The van der Waals surface area contributed by atoms with Crippen molar-refractivity contribution in [3.8, 4) is 0 Å². The predicted molar refractivity (Wildman–Crippen MR) is 59.5 cm³/mol. The average Bonchev–Trinajstić information content (AvgIpc) is 2.17. The van der Waals surface area contributed by atoms with E-state index in [2.05, 4.69) is 13.8 Å². The molecule has 1 aromatic carbocycles. The molecule has 1 unspecified atom stereocenters. The van der Waals surface area contributed by atoms with Crippen molar-refractivity contribution >= 4 is 6.29 Å². The minimum Gasteiger partial charge on any atom is -0.299 e. The normalized spacial score (nSPS) is 15.0. The number of hydrogen-bond acceptors (Lipinski definition) is 1. The summed E-state index contributed by atoms with van der Waals surface area (Å²) in [4.78, 5) is 10.6. The summed E-state index contributed by atoms with van der Waals surface area (Å²) in [5.41, 5.74) is -0.351. The van der Waals surface area contributed by atoms with Crippen LogP contribution in [-0.2, 0) is 16.9 Å². The molecule has 0 amide bonds. The van der Waals surface area contributed by atoms with Gasteiger partial charge < -0.3 is 0 Å². The third-order valence-corrected chi connectivity index (χ3v) is 2.36. The van der Waals surface area contributed by atoms with Crippen molar-refractivity contribution in [3.05, 3.63) is 35.4 Å². The van der Waals surface area contributed by atoms with Gasteiger partial charge >= 0.3 is 0 Å². The fourth-order valence-corrected chi connectivity index (χ4v) is 1.54. The predicted octanol–water partition coefficient (Wildman–Crippen LogP) is 3.27. The summed E-state index contributed by atoms with van der Waals surface area (Å²) in [7, 11) is 0. The van der Waals surface area contributed by atoms with Gasteiger partial charge in [-0.2, -0.15) is 0 Å². The molecule has 0 spiro atoms. The molecule has 0 bridgehead atoms. The van der Waals surface area contributed by atoms with Gasteiger partial charge in [0.05, 0.1) is 0 Å². The number of hydrogen-bond donors (Lipinski definition) is 0. The van der Waals surface area contributed by atoms with E-state index in [0.29, 0.717) is 17.8 Å². The van der Waals surface area contributed by atoms with E-state index < -0.39 is 5.67 Å². The van der Waals surface area contributed by atoms with Crippen LogP contribution in [0.25, 0.3) is 0 Å². The van der Waals surface area contributed by atoms with Crippen LogP contribution >= 0.6 is 0 Å². The molecule has 0 heterocycles. The first-order valence-electron chi connectivity index (χ1n) is 5.20. The van der Waals surface area contributed by atoms with Gasteiger partial charge in [0, 0.05) is 0 Å². The molecule has 0 aliphatic heterocycles. The Labute approximate surface area is 90.3 Å². The maximum atomic E-state index is 13.7. The number of carbonyl (C=O) groups is 1. The molecule has 0 aliphatic rings. The summed E-state index contributed by atoms with van der Waals surface area (Å²) in [5.74, 6) is 0.530. The van der Waals surface area contributed by atoms with E-state index in [4.69, 9.17) is 0 Å². The highest BCUT2D eigenvalue weighted by atomic mass is 19.1. The van der Waals surface area contributed by atoms with Gasteiger partial charge in [0.1, 0.15) is 0 Å². The van der Waals surface area contributed by atoms with Crippen LogP contribution in [0.1, 0.15) is 31.9 Å². The highest BCUT2D eigenvalue weighted by Crippen LogP contribution is 2.24. The summed E-state index contributed by atoms with van der Waals surface area (Å²) < 4.78 is 13.7. The summed E-state index contributed by atoms with van der Waals surface area (Å²) in [6.07, 6.45) is 1.25. The molecule has 0 radical (unpaired) electrons. The molecule has 0 fully saturated rings. The third kappa shape index (κ3) is 3.15. The summed E-state index contributed by atoms with van der Waals surface area (Å²) >= 11 is 0. The molecular weight excluding hydrogens is 191 g/mol. The molecule has 1 nitrogen and oxygen atoms in total. The van der Waals surface area contributed by atoms with Crippen LogP contribution in [0.3, 0.4) is 0 Å². The van der Waals surface area contributed by atoms with Crippen LogP contribution < -0.4 is 0 Å². The van der Waals surface area contributed by atoms with E-state index in [9.17, 15) is 9.18 Å². The van der Waals surface area contributed by atoms with Crippen LogP contribution in [-0.4, -0.2) is 6.29 Å². The van der Waals surface area contributed by atoms with Gasteiger partial charge in [-0.25, -0.2) is 4.39 Å². The van der Waals surface area contributed by atoms with Crippen LogP contribution in [0, 0.1) is 5.92 Å². The Balaban J connectivity index is 2.97. The molecule has 15 heavy (non-hydrogen) atoms. The molecule has 0 saturated heterocycles. The van der Waals surface area contributed by atoms with Crippen molar-refractivity contribution in [3.63, 3.8) is 0 Å². The lowest BCUT2D eigenvalue weighted by molar-refractivity contribution is -0.117. The van der Waals surface area contributed by atoms with E-state index in [-0.39, 0.29) is 0 Å². The number of aldehydes is 1. The molecule has 0 aromatic heterocycles. The molecule has 0 aliphatic carbocycles. The first-order valence-corrected chi connectivity index (χ1v) is 5.20. The van der Waals surface area contributed by atoms with E-state index in [0.717, 1.165) is 12.0 Å². The molecule has 1 atom stereocenters. The molecule has 0 saturated carbocycles. The Bertz CT molecular complexity index is 342. The van der Waals surface area contributed by atoms with Crippen molar-refractivity contribution in [1.29, 1.82) is 0 Å². The largest absolute Gasteiger partial charge is 0.299 e. The maximum absolute atomic E-state index is 13.7. The van der Waals surface area contributed by atoms with Crippen LogP contribution in [0.5, 0.6) is 0 Å². The Hall–Kier alpha value is -1.18. The van der Waals surface area contributed by atoms with Gasteiger partial charge in [-0.3, -0.25) is 4.79 Å². The second-order valence-corrected chi connectivity index (χ2v) is 4.49. The molecule has 82 valence electrons. The fourth-order valence-electron chi connectivity index (χ4n) is 1.54. The van der Waals surface area contributed by atoms with Crippen molar-refractivity contribution in [2.24, 2.45) is 5.92 Å².